The highest BCUT2D eigenvalue weighted by Crippen LogP contribution is 2.28. The van der Waals surface area contributed by atoms with E-state index in [1.807, 2.05) is 0 Å². The first-order valence-corrected chi connectivity index (χ1v) is 10.3. The number of nitrogens with zero attached hydrogens (tertiary/aromatic N) is 3. The summed E-state index contributed by atoms with van der Waals surface area (Å²) in [6.45, 7) is 7.81. The number of hydrogen-bond donors (Lipinski definition) is 1. The summed E-state index contributed by atoms with van der Waals surface area (Å²) in [5.74, 6) is -0.877. The van der Waals surface area contributed by atoms with Gasteiger partial charge < -0.3 is 23.9 Å². The maximum Gasteiger partial charge on any atom is 0.534 e. The molecule has 1 amide bonds. The second-order valence-electron chi connectivity index (χ2n) is 7.38. The number of hydrogen-bond acceptors (Lipinski definition) is 9. The Morgan fingerprint density at radius 2 is 1.83 bits per heavy atom. The monoisotopic (exact) mass is 456 g/mol. The van der Waals surface area contributed by atoms with Gasteiger partial charge in [-0.2, -0.15) is 26.6 Å². The minimum atomic E-state index is -5.93. The van der Waals surface area contributed by atoms with E-state index in [0.29, 0.717) is 26.3 Å². The number of aromatic nitrogens is 2. The van der Waals surface area contributed by atoms with Crippen LogP contribution in [-0.2, 0) is 19.6 Å². The number of morpholine rings is 1. The first kappa shape index (κ1) is 23.9. The first-order valence-electron chi connectivity index (χ1n) is 8.90. The Balaban J connectivity index is 2.34. The summed E-state index contributed by atoms with van der Waals surface area (Å²) in [6.07, 6.45) is -0.785. The maximum absolute atomic E-state index is 12.7. The Morgan fingerprint density at radius 1 is 1.23 bits per heavy atom. The van der Waals surface area contributed by atoms with Crippen molar-refractivity contribution in [2.75, 3.05) is 31.2 Å². The smallest absolute Gasteiger partial charge is 0.444 e. The summed E-state index contributed by atoms with van der Waals surface area (Å²) in [4.78, 5) is 21.6. The van der Waals surface area contributed by atoms with Crippen molar-refractivity contribution in [1.82, 2.24) is 15.3 Å². The van der Waals surface area contributed by atoms with Gasteiger partial charge in [-0.15, -0.1) is 0 Å². The summed E-state index contributed by atoms with van der Waals surface area (Å²) >= 11 is 0. The van der Waals surface area contributed by atoms with Crippen LogP contribution < -0.4 is 14.4 Å². The van der Waals surface area contributed by atoms with Gasteiger partial charge in [0.2, 0.25) is 11.8 Å². The Hall–Kier alpha value is -2.35. The van der Waals surface area contributed by atoms with E-state index in [4.69, 9.17) is 9.47 Å². The molecule has 30 heavy (non-hydrogen) atoms. The molecule has 2 heterocycles. The van der Waals surface area contributed by atoms with E-state index in [0.717, 1.165) is 6.07 Å². The molecule has 0 spiro atoms. The molecule has 2 rings (SSSR count). The minimum absolute atomic E-state index is 0.0322. The van der Waals surface area contributed by atoms with E-state index >= 15 is 0 Å². The summed E-state index contributed by atoms with van der Waals surface area (Å²) in [6, 6.07) is 0.0634. The molecule has 1 fully saturated rings. The van der Waals surface area contributed by atoms with Crippen LogP contribution in [0.3, 0.4) is 0 Å². The lowest BCUT2D eigenvalue weighted by Crippen LogP contribution is -2.38. The third-order valence-electron chi connectivity index (χ3n) is 3.66. The molecule has 1 saturated heterocycles. The van der Waals surface area contributed by atoms with Gasteiger partial charge >= 0.3 is 21.7 Å². The van der Waals surface area contributed by atoms with Crippen LogP contribution in [0.15, 0.2) is 6.07 Å². The highest BCUT2D eigenvalue weighted by atomic mass is 32.2. The zero-order valence-electron chi connectivity index (χ0n) is 16.8. The van der Waals surface area contributed by atoms with Crippen molar-refractivity contribution in [2.24, 2.45) is 0 Å². The number of amides is 1. The fraction of sp³-hybridized carbons (Fsp3) is 0.688. The molecule has 1 N–H and O–H groups in total. The third kappa shape index (κ3) is 6.58. The van der Waals surface area contributed by atoms with E-state index in [9.17, 15) is 26.4 Å². The summed E-state index contributed by atoms with van der Waals surface area (Å²) in [5, 5.41) is 2.48. The molecular weight excluding hydrogens is 433 g/mol. The van der Waals surface area contributed by atoms with Gasteiger partial charge in [0.25, 0.3) is 0 Å². The standard InChI is InChI=1S/C16H23F3N4O6S/c1-10(20-14(24)28-15(2,3)4)11-9-12(29-30(25,26)16(17,18)19)22-13(21-11)23-5-7-27-8-6-23/h9-10H,5-8H2,1-4H3,(H,20,24)/t10-/m1/s1. The topological polar surface area (TPSA) is 120 Å². The van der Waals surface area contributed by atoms with Gasteiger partial charge in [0.15, 0.2) is 0 Å². The van der Waals surface area contributed by atoms with Crippen LogP contribution in [0.5, 0.6) is 5.88 Å². The van der Waals surface area contributed by atoms with Gasteiger partial charge in [-0.25, -0.2) is 9.78 Å². The maximum atomic E-state index is 12.7. The number of alkyl halides is 3. The number of anilines is 1. The van der Waals surface area contributed by atoms with Gasteiger partial charge in [-0.1, -0.05) is 0 Å². The van der Waals surface area contributed by atoms with Crippen LogP contribution in [0.4, 0.5) is 23.9 Å². The van der Waals surface area contributed by atoms with E-state index in [-0.39, 0.29) is 11.6 Å². The molecule has 170 valence electrons. The Kier molecular flexibility index (Phi) is 7.01. The van der Waals surface area contributed by atoms with Crippen molar-refractivity contribution < 1.29 is 40.0 Å². The Morgan fingerprint density at radius 3 is 2.37 bits per heavy atom. The number of alkyl carbamates (subject to hydrolysis) is 1. The van der Waals surface area contributed by atoms with Crippen LogP contribution >= 0.6 is 0 Å². The molecule has 14 heteroatoms. The number of nitrogens with one attached hydrogen (secondary N) is 1. The van der Waals surface area contributed by atoms with Crippen molar-refractivity contribution in [3.8, 4) is 5.88 Å². The summed E-state index contributed by atoms with van der Waals surface area (Å²) in [5.41, 5.74) is -6.37. The predicted molar refractivity (Wildman–Crippen MR) is 98.5 cm³/mol. The van der Waals surface area contributed by atoms with Gasteiger partial charge in [0, 0.05) is 19.2 Å². The molecule has 0 aliphatic carbocycles. The molecule has 10 nitrogen and oxygen atoms in total. The van der Waals surface area contributed by atoms with E-state index < -0.39 is 39.2 Å². The minimum Gasteiger partial charge on any atom is -0.444 e. The van der Waals surface area contributed by atoms with Crippen molar-refractivity contribution in [1.29, 1.82) is 0 Å². The van der Waals surface area contributed by atoms with Crippen LogP contribution in [0.1, 0.15) is 39.4 Å². The number of halogens is 3. The fourth-order valence-electron chi connectivity index (χ4n) is 2.32. The van der Waals surface area contributed by atoms with E-state index in [2.05, 4.69) is 19.5 Å². The lowest BCUT2D eigenvalue weighted by molar-refractivity contribution is -0.0501. The summed E-state index contributed by atoms with van der Waals surface area (Å²) < 4.78 is 75.4. The lowest BCUT2D eigenvalue weighted by atomic mass is 10.2. The van der Waals surface area contributed by atoms with Crippen molar-refractivity contribution in [3.05, 3.63) is 11.8 Å². The van der Waals surface area contributed by atoms with Gasteiger partial charge in [0.1, 0.15) is 5.60 Å². The average Bonchev–Trinajstić information content (AvgIpc) is 2.59. The molecule has 0 bridgehead atoms. The lowest BCUT2D eigenvalue weighted by Gasteiger charge is -2.28. The molecule has 1 aromatic heterocycles. The van der Waals surface area contributed by atoms with Gasteiger partial charge in [0.05, 0.1) is 24.9 Å². The molecule has 0 aromatic carbocycles. The normalized spacial score (nSPS) is 16.7. The largest absolute Gasteiger partial charge is 0.534 e. The van der Waals surface area contributed by atoms with Crippen LogP contribution in [-0.4, -0.2) is 61.9 Å². The molecular formula is C16H23F3N4O6S. The van der Waals surface area contributed by atoms with Gasteiger partial charge in [-0.05, 0) is 27.7 Å². The predicted octanol–water partition coefficient (Wildman–Crippen LogP) is 2.13. The van der Waals surface area contributed by atoms with E-state index in [1.165, 1.54) is 6.92 Å². The molecule has 1 aromatic rings. The second kappa shape index (κ2) is 8.79. The summed E-state index contributed by atoms with van der Waals surface area (Å²) in [7, 11) is -5.93. The highest BCUT2D eigenvalue weighted by molar-refractivity contribution is 7.87. The number of rotatable bonds is 5. The van der Waals surface area contributed by atoms with Crippen molar-refractivity contribution in [2.45, 2.75) is 44.8 Å². The molecule has 1 atom stereocenters. The zero-order chi connectivity index (χ0) is 22.7. The van der Waals surface area contributed by atoms with Gasteiger partial charge in [-0.3, -0.25) is 0 Å². The van der Waals surface area contributed by atoms with Crippen LogP contribution in [0, 0.1) is 0 Å². The number of ether oxygens (including phenoxy) is 2. The number of carbonyl (C=O) groups is 1. The van der Waals surface area contributed by atoms with Crippen molar-refractivity contribution in [3.63, 3.8) is 0 Å². The van der Waals surface area contributed by atoms with Crippen LogP contribution in [0.2, 0.25) is 0 Å². The second-order valence-corrected chi connectivity index (χ2v) is 8.92. The first-order chi connectivity index (χ1) is 13.7. The zero-order valence-corrected chi connectivity index (χ0v) is 17.6. The third-order valence-corrected chi connectivity index (χ3v) is 4.62. The molecule has 0 unspecified atom stereocenters. The molecule has 1 aliphatic heterocycles. The molecule has 1 aliphatic rings. The fourth-order valence-corrected chi connectivity index (χ4v) is 2.72. The molecule has 0 saturated carbocycles. The Labute approximate surface area is 171 Å². The van der Waals surface area contributed by atoms with Crippen molar-refractivity contribution >= 4 is 22.2 Å². The SMILES string of the molecule is C[C@@H](NC(=O)OC(C)(C)C)c1cc(OS(=O)(=O)C(F)(F)F)nc(N2CCOCC2)n1. The average molecular weight is 456 g/mol. The molecule has 0 radical (unpaired) electrons. The van der Waals surface area contributed by atoms with Crippen LogP contribution in [0.25, 0.3) is 0 Å². The number of carbonyl (C=O) groups excluding carboxylic acids is 1. The Bertz CT molecular complexity index is 867. The van der Waals surface area contributed by atoms with E-state index in [1.54, 1.807) is 25.7 Å². The highest BCUT2D eigenvalue weighted by Gasteiger charge is 2.49. The quantitative estimate of drug-likeness (QED) is 0.525.